The predicted molar refractivity (Wildman–Crippen MR) is 144 cm³/mol. The predicted octanol–water partition coefficient (Wildman–Crippen LogP) is 5.37. The molecule has 0 unspecified atom stereocenters. The summed E-state index contributed by atoms with van der Waals surface area (Å²) in [6.45, 7) is 5.91. The summed E-state index contributed by atoms with van der Waals surface area (Å²) in [5, 5.41) is 3.75. The Bertz CT molecular complexity index is 1450. The second-order valence-electron chi connectivity index (χ2n) is 9.24. The molecular formula is C30H32N2O4. The Hall–Kier alpha value is -4.06. The summed E-state index contributed by atoms with van der Waals surface area (Å²) < 4.78 is 12.5. The van der Waals surface area contributed by atoms with Crippen LogP contribution in [-0.2, 0) is 24.2 Å². The van der Waals surface area contributed by atoms with Gasteiger partial charge in [-0.1, -0.05) is 35.9 Å². The molecule has 0 saturated heterocycles. The Morgan fingerprint density at radius 2 is 1.44 bits per heavy atom. The number of amides is 1. The molecule has 0 saturated carbocycles. The number of carbonyl (C=O) groups is 1. The van der Waals surface area contributed by atoms with Gasteiger partial charge in [0.25, 0.3) is 5.56 Å². The van der Waals surface area contributed by atoms with Crippen LogP contribution in [-0.4, -0.2) is 24.7 Å². The fraction of sp³-hybridized carbons (Fsp3) is 0.267. The van der Waals surface area contributed by atoms with E-state index >= 15 is 0 Å². The average Bonchev–Trinajstić information content (AvgIpc) is 2.84. The second-order valence-corrected chi connectivity index (χ2v) is 9.24. The first kappa shape index (κ1) is 25.0. The summed E-state index contributed by atoms with van der Waals surface area (Å²) in [6, 6.07) is 19.7. The van der Waals surface area contributed by atoms with E-state index in [-0.39, 0.29) is 18.0 Å². The van der Waals surface area contributed by atoms with Crippen LogP contribution in [0.1, 0.15) is 27.8 Å². The number of hydrogen-bond donors (Lipinski definition) is 1. The van der Waals surface area contributed by atoms with Crippen LogP contribution < -0.4 is 20.3 Å². The second kappa shape index (κ2) is 10.7. The molecule has 0 radical (unpaired) electrons. The first-order chi connectivity index (χ1) is 17.3. The Labute approximate surface area is 211 Å². The summed E-state index contributed by atoms with van der Waals surface area (Å²) in [5.74, 6) is 0.800. The molecule has 0 aliphatic heterocycles. The molecule has 1 amide bonds. The average molecular weight is 485 g/mol. The van der Waals surface area contributed by atoms with Gasteiger partial charge in [0.2, 0.25) is 5.91 Å². The summed E-state index contributed by atoms with van der Waals surface area (Å²) in [5.41, 5.74) is 6.27. The SMILES string of the molecule is COc1cc2cc(CCc3ccc(C)cc3)c(=O)n(CC(=O)Nc3cc(C)cc(C)c3)c2cc1OC. The number of pyridine rings is 1. The number of fused-ring (bicyclic) bond motifs is 1. The molecule has 186 valence electrons. The highest BCUT2D eigenvalue weighted by Gasteiger charge is 2.16. The normalized spacial score (nSPS) is 10.9. The van der Waals surface area contributed by atoms with E-state index in [4.69, 9.17) is 9.47 Å². The van der Waals surface area contributed by atoms with Gasteiger partial charge in [0.15, 0.2) is 11.5 Å². The number of anilines is 1. The van der Waals surface area contributed by atoms with E-state index in [0.717, 1.165) is 28.5 Å². The zero-order valence-electron chi connectivity index (χ0n) is 21.5. The van der Waals surface area contributed by atoms with Crippen LogP contribution in [0.4, 0.5) is 5.69 Å². The highest BCUT2D eigenvalue weighted by Crippen LogP contribution is 2.32. The Balaban J connectivity index is 1.73. The molecule has 1 heterocycles. The van der Waals surface area contributed by atoms with Gasteiger partial charge >= 0.3 is 0 Å². The van der Waals surface area contributed by atoms with E-state index in [1.54, 1.807) is 20.3 Å². The topological polar surface area (TPSA) is 69.6 Å². The highest BCUT2D eigenvalue weighted by molar-refractivity contribution is 5.92. The van der Waals surface area contributed by atoms with Crippen molar-refractivity contribution in [3.8, 4) is 11.5 Å². The quantitative estimate of drug-likeness (QED) is 0.365. The molecule has 1 N–H and O–H groups in total. The van der Waals surface area contributed by atoms with Gasteiger partial charge in [0.1, 0.15) is 6.54 Å². The molecular weight excluding hydrogens is 452 g/mol. The van der Waals surface area contributed by atoms with Crippen molar-refractivity contribution in [2.75, 3.05) is 19.5 Å². The van der Waals surface area contributed by atoms with Gasteiger partial charge in [0.05, 0.1) is 19.7 Å². The number of nitrogens with one attached hydrogen (secondary N) is 1. The van der Waals surface area contributed by atoms with Crippen LogP contribution in [0.2, 0.25) is 0 Å². The summed E-state index contributed by atoms with van der Waals surface area (Å²) in [6.07, 6.45) is 1.29. The molecule has 1 aromatic heterocycles. The van der Waals surface area contributed by atoms with Crippen LogP contribution in [0.5, 0.6) is 11.5 Å². The molecule has 3 aromatic carbocycles. The Morgan fingerprint density at radius 3 is 2.08 bits per heavy atom. The van der Waals surface area contributed by atoms with Crippen molar-refractivity contribution in [1.29, 1.82) is 0 Å². The minimum absolute atomic E-state index is 0.115. The molecule has 0 atom stereocenters. The van der Waals surface area contributed by atoms with E-state index in [9.17, 15) is 9.59 Å². The van der Waals surface area contributed by atoms with Crippen LogP contribution >= 0.6 is 0 Å². The molecule has 0 bridgehead atoms. The monoisotopic (exact) mass is 484 g/mol. The summed E-state index contributed by atoms with van der Waals surface area (Å²) >= 11 is 0. The van der Waals surface area contributed by atoms with Crippen LogP contribution in [0.15, 0.2) is 65.5 Å². The van der Waals surface area contributed by atoms with Crippen molar-refractivity contribution in [1.82, 2.24) is 4.57 Å². The summed E-state index contributed by atoms with van der Waals surface area (Å²) in [7, 11) is 3.13. The zero-order valence-corrected chi connectivity index (χ0v) is 21.5. The van der Waals surface area contributed by atoms with Crippen molar-refractivity contribution >= 4 is 22.5 Å². The molecule has 6 heteroatoms. The lowest BCUT2D eigenvalue weighted by molar-refractivity contribution is -0.116. The Kier molecular flexibility index (Phi) is 7.44. The van der Waals surface area contributed by atoms with Crippen molar-refractivity contribution in [2.45, 2.75) is 40.2 Å². The standard InChI is InChI=1S/C30H32N2O4/c1-19-6-8-22(9-7-19)10-11-23-15-24-16-27(35-4)28(36-5)17-26(24)32(30(23)34)18-29(33)31-25-13-20(2)12-21(3)14-25/h6-9,12-17H,10-11,18H2,1-5H3,(H,31,33). The molecule has 4 aromatic rings. The smallest absolute Gasteiger partial charge is 0.254 e. The molecule has 0 aliphatic carbocycles. The number of benzene rings is 3. The van der Waals surface area contributed by atoms with Crippen molar-refractivity contribution in [3.63, 3.8) is 0 Å². The largest absolute Gasteiger partial charge is 0.493 e. The van der Waals surface area contributed by atoms with Crippen molar-refractivity contribution < 1.29 is 14.3 Å². The van der Waals surface area contributed by atoms with Crippen molar-refractivity contribution in [2.24, 2.45) is 0 Å². The minimum atomic E-state index is -0.270. The van der Waals surface area contributed by atoms with Gasteiger partial charge < -0.3 is 14.8 Å². The lowest BCUT2D eigenvalue weighted by Crippen LogP contribution is -2.30. The van der Waals surface area contributed by atoms with E-state index < -0.39 is 0 Å². The number of rotatable bonds is 8. The van der Waals surface area contributed by atoms with Crippen LogP contribution in [0.25, 0.3) is 10.9 Å². The fourth-order valence-electron chi connectivity index (χ4n) is 4.53. The third-order valence-corrected chi connectivity index (χ3v) is 6.28. The zero-order chi connectivity index (χ0) is 25.8. The first-order valence-electron chi connectivity index (χ1n) is 12.0. The molecule has 0 spiro atoms. The third kappa shape index (κ3) is 5.60. The van der Waals surface area contributed by atoms with Gasteiger partial charge in [-0.2, -0.15) is 0 Å². The van der Waals surface area contributed by atoms with Crippen LogP contribution in [0, 0.1) is 20.8 Å². The molecule has 36 heavy (non-hydrogen) atoms. The summed E-state index contributed by atoms with van der Waals surface area (Å²) in [4.78, 5) is 26.7. The number of hydrogen-bond acceptors (Lipinski definition) is 4. The van der Waals surface area contributed by atoms with Gasteiger partial charge in [-0.25, -0.2) is 0 Å². The maximum atomic E-state index is 13.6. The first-order valence-corrected chi connectivity index (χ1v) is 12.0. The van der Waals surface area contributed by atoms with Crippen molar-refractivity contribution in [3.05, 3.63) is 98.8 Å². The fourth-order valence-corrected chi connectivity index (χ4v) is 4.53. The van der Waals surface area contributed by atoms with E-state index in [2.05, 4.69) is 36.5 Å². The maximum Gasteiger partial charge on any atom is 0.254 e. The molecule has 0 aliphatic rings. The van der Waals surface area contributed by atoms with E-state index in [1.165, 1.54) is 10.1 Å². The van der Waals surface area contributed by atoms with Gasteiger partial charge in [-0.3, -0.25) is 14.2 Å². The number of nitrogens with zero attached hydrogens (tertiary/aromatic N) is 1. The minimum Gasteiger partial charge on any atom is -0.493 e. The van der Waals surface area contributed by atoms with Gasteiger partial charge in [-0.15, -0.1) is 0 Å². The lowest BCUT2D eigenvalue weighted by atomic mass is 10.0. The molecule has 0 fully saturated rings. The third-order valence-electron chi connectivity index (χ3n) is 6.28. The van der Waals surface area contributed by atoms with E-state index in [0.29, 0.717) is 34.7 Å². The molecule has 4 rings (SSSR count). The number of aryl methyl sites for hydroxylation is 5. The van der Waals surface area contributed by atoms with E-state index in [1.807, 2.05) is 44.2 Å². The van der Waals surface area contributed by atoms with Gasteiger partial charge in [0, 0.05) is 22.7 Å². The lowest BCUT2D eigenvalue weighted by Gasteiger charge is -2.16. The highest BCUT2D eigenvalue weighted by atomic mass is 16.5. The Morgan fingerprint density at radius 1 is 0.806 bits per heavy atom. The number of methoxy groups -OCH3 is 2. The number of ether oxygens (including phenoxy) is 2. The number of aromatic nitrogens is 1. The number of carbonyl (C=O) groups excluding carboxylic acids is 1. The maximum absolute atomic E-state index is 13.6. The van der Waals surface area contributed by atoms with Crippen LogP contribution in [0.3, 0.4) is 0 Å². The van der Waals surface area contributed by atoms with Gasteiger partial charge in [-0.05, 0) is 74.6 Å². The molecule has 6 nitrogen and oxygen atoms in total.